The minimum absolute atomic E-state index is 0.167. The number of rotatable bonds is 4. The molecule has 0 saturated carbocycles. The molecule has 1 aromatic heterocycles. The number of carboxylic acids is 1. The fraction of sp³-hybridized carbons (Fsp3) is 0.364. The largest absolute Gasteiger partial charge is 0.508 e. The van der Waals surface area contributed by atoms with Gasteiger partial charge < -0.3 is 19.7 Å². The minimum atomic E-state index is -1.12. The van der Waals surface area contributed by atoms with E-state index in [1.807, 2.05) is 0 Å². The van der Waals surface area contributed by atoms with Crippen molar-refractivity contribution in [1.82, 2.24) is 9.47 Å². The second kappa shape index (κ2) is 5.35. The predicted molar refractivity (Wildman–Crippen MR) is 62.4 cm³/mol. The number of hydrogen-bond acceptors (Lipinski definition) is 4. The molecular formula is C11H14N2O5. The van der Waals surface area contributed by atoms with Gasteiger partial charge in [-0.1, -0.05) is 0 Å². The van der Waals surface area contributed by atoms with Crippen LogP contribution in [0.3, 0.4) is 0 Å². The van der Waals surface area contributed by atoms with Crippen molar-refractivity contribution in [1.29, 1.82) is 0 Å². The van der Waals surface area contributed by atoms with Crippen molar-refractivity contribution >= 4 is 11.9 Å². The molecule has 1 rings (SSSR count). The summed E-state index contributed by atoms with van der Waals surface area (Å²) in [7, 11) is 1.34. The molecule has 0 aliphatic carbocycles. The number of aliphatic carboxylic acids is 1. The molecule has 7 nitrogen and oxygen atoms in total. The first kappa shape index (κ1) is 13.8. The van der Waals surface area contributed by atoms with Crippen molar-refractivity contribution in [3.05, 3.63) is 28.2 Å². The summed E-state index contributed by atoms with van der Waals surface area (Å²) in [5.74, 6) is -1.78. The van der Waals surface area contributed by atoms with Gasteiger partial charge >= 0.3 is 5.97 Å². The fourth-order valence-electron chi connectivity index (χ4n) is 1.46. The lowest BCUT2D eigenvalue weighted by molar-refractivity contribution is -0.143. The third-order valence-electron chi connectivity index (χ3n) is 2.41. The quantitative estimate of drug-likeness (QED) is 0.747. The van der Waals surface area contributed by atoms with Crippen molar-refractivity contribution in [3.63, 3.8) is 0 Å². The monoisotopic (exact) mass is 254 g/mol. The van der Waals surface area contributed by atoms with Crippen molar-refractivity contribution < 1.29 is 19.8 Å². The van der Waals surface area contributed by atoms with Gasteiger partial charge in [-0.15, -0.1) is 0 Å². The molecule has 0 atom stereocenters. The van der Waals surface area contributed by atoms with Crippen LogP contribution in [0, 0.1) is 6.92 Å². The lowest BCUT2D eigenvalue weighted by Gasteiger charge is -2.16. The summed E-state index contributed by atoms with van der Waals surface area (Å²) in [5, 5.41) is 17.7. The molecular weight excluding hydrogens is 240 g/mol. The second-order valence-corrected chi connectivity index (χ2v) is 3.92. The van der Waals surface area contributed by atoms with Gasteiger partial charge in [0.2, 0.25) is 5.91 Å². The zero-order valence-corrected chi connectivity index (χ0v) is 10.1. The Kier molecular flexibility index (Phi) is 4.09. The van der Waals surface area contributed by atoms with Gasteiger partial charge in [-0.25, -0.2) is 0 Å². The maximum absolute atomic E-state index is 11.7. The molecule has 18 heavy (non-hydrogen) atoms. The van der Waals surface area contributed by atoms with E-state index in [2.05, 4.69) is 0 Å². The van der Waals surface area contributed by atoms with Crippen LogP contribution < -0.4 is 5.56 Å². The number of carboxylic acid groups (broad SMARTS) is 1. The molecule has 0 bridgehead atoms. The van der Waals surface area contributed by atoms with E-state index < -0.39 is 24.0 Å². The van der Waals surface area contributed by atoms with Gasteiger partial charge in [0.05, 0.1) is 0 Å². The molecule has 0 aliphatic heterocycles. The molecule has 1 aromatic rings. The van der Waals surface area contributed by atoms with Crippen LogP contribution in [0.1, 0.15) is 5.69 Å². The number of likely N-dealkylation sites (N-methyl/N-ethyl adjacent to an activating group) is 1. The first-order valence-corrected chi connectivity index (χ1v) is 5.17. The zero-order valence-electron chi connectivity index (χ0n) is 10.1. The summed E-state index contributed by atoms with van der Waals surface area (Å²) in [4.78, 5) is 34.7. The lowest BCUT2D eigenvalue weighted by atomic mass is 10.3. The number of aromatic nitrogens is 1. The fourth-order valence-corrected chi connectivity index (χ4v) is 1.46. The van der Waals surface area contributed by atoms with E-state index >= 15 is 0 Å². The number of carbonyl (C=O) groups is 2. The average molecular weight is 254 g/mol. The Morgan fingerprint density at radius 1 is 1.39 bits per heavy atom. The molecule has 0 radical (unpaired) electrons. The summed E-state index contributed by atoms with van der Waals surface area (Å²) in [6.45, 7) is 0.894. The van der Waals surface area contributed by atoms with E-state index in [9.17, 15) is 19.5 Å². The van der Waals surface area contributed by atoms with Crippen LogP contribution in [0.25, 0.3) is 0 Å². The Balaban J connectivity index is 2.89. The second-order valence-electron chi connectivity index (χ2n) is 3.92. The SMILES string of the molecule is Cc1cc(O)cc(=O)n1CC(=O)N(C)CC(=O)O. The minimum Gasteiger partial charge on any atom is -0.508 e. The molecule has 98 valence electrons. The molecule has 1 heterocycles. The number of aryl methyl sites for hydroxylation is 1. The van der Waals surface area contributed by atoms with Crippen molar-refractivity contribution in [3.8, 4) is 5.75 Å². The standard InChI is InChI=1S/C11H14N2O5/c1-7-3-8(14)4-9(15)13(7)5-10(16)12(2)6-11(17)18/h3-4,14H,5-6H2,1-2H3,(H,17,18). The molecule has 2 N–H and O–H groups in total. The molecule has 0 saturated heterocycles. The van der Waals surface area contributed by atoms with Gasteiger partial charge in [-0.05, 0) is 13.0 Å². The highest BCUT2D eigenvalue weighted by atomic mass is 16.4. The van der Waals surface area contributed by atoms with Gasteiger partial charge in [0.1, 0.15) is 18.8 Å². The molecule has 0 aliphatic rings. The predicted octanol–water partition coefficient (Wildman–Crippen LogP) is -0.595. The van der Waals surface area contributed by atoms with Gasteiger partial charge in [0.25, 0.3) is 5.56 Å². The Labute approximate surface area is 103 Å². The number of nitrogens with zero attached hydrogens (tertiary/aromatic N) is 2. The van der Waals surface area contributed by atoms with Crippen molar-refractivity contribution in [2.24, 2.45) is 0 Å². The Hall–Kier alpha value is -2.31. The number of pyridine rings is 1. The van der Waals surface area contributed by atoms with E-state index in [1.54, 1.807) is 6.92 Å². The van der Waals surface area contributed by atoms with Crippen molar-refractivity contribution in [2.45, 2.75) is 13.5 Å². The average Bonchev–Trinajstić information content (AvgIpc) is 2.21. The molecule has 1 amide bonds. The van der Waals surface area contributed by atoms with Crippen LogP contribution in [0.5, 0.6) is 5.75 Å². The van der Waals surface area contributed by atoms with Gasteiger partial charge in [0.15, 0.2) is 0 Å². The van der Waals surface area contributed by atoms with Crippen molar-refractivity contribution in [2.75, 3.05) is 13.6 Å². The van der Waals surface area contributed by atoms with E-state index in [0.29, 0.717) is 5.69 Å². The van der Waals surface area contributed by atoms with Crippen LogP contribution in [-0.4, -0.2) is 45.1 Å². The number of hydrogen-bond donors (Lipinski definition) is 2. The van der Waals surface area contributed by atoms with Crippen LogP contribution in [0.4, 0.5) is 0 Å². The normalized spacial score (nSPS) is 10.1. The molecule has 0 spiro atoms. The topological polar surface area (TPSA) is 99.8 Å². The summed E-state index contributed by atoms with van der Waals surface area (Å²) in [6.07, 6.45) is 0. The summed E-state index contributed by atoms with van der Waals surface area (Å²) in [5.41, 5.74) is -0.0818. The Morgan fingerprint density at radius 3 is 2.50 bits per heavy atom. The third-order valence-corrected chi connectivity index (χ3v) is 2.41. The van der Waals surface area contributed by atoms with E-state index in [-0.39, 0.29) is 12.3 Å². The van der Waals surface area contributed by atoms with E-state index in [1.165, 1.54) is 17.7 Å². The highest BCUT2D eigenvalue weighted by Gasteiger charge is 2.14. The Bertz CT molecular complexity index is 535. The summed E-state index contributed by atoms with van der Waals surface area (Å²) >= 11 is 0. The Morgan fingerprint density at radius 2 is 2.00 bits per heavy atom. The van der Waals surface area contributed by atoms with Gasteiger partial charge in [0, 0.05) is 18.8 Å². The maximum atomic E-state index is 11.7. The van der Waals surface area contributed by atoms with Gasteiger partial charge in [-0.3, -0.25) is 14.4 Å². The molecule has 7 heteroatoms. The highest BCUT2D eigenvalue weighted by molar-refractivity contribution is 5.80. The number of carbonyl (C=O) groups excluding carboxylic acids is 1. The van der Waals surface area contributed by atoms with Crippen LogP contribution in [0.2, 0.25) is 0 Å². The van der Waals surface area contributed by atoms with Crippen LogP contribution in [0.15, 0.2) is 16.9 Å². The van der Waals surface area contributed by atoms with Gasteiger partial charge in [-0.2, -0.15) is 0 Å². The zero-order chi connectivity index (χ0) is 13.9. The summed E-state index contributed by atoms with van der Waals surface area (Å²) < 4.78 is 1.17. The van der Waals surface area contributed by atoms with E-state index in [4.69, 9.17) is 5.11 Å². The lowest BCUT2D eigenvalue weighted by Crippen LogP contribution is -2.37. The third kappa shape index (κ3) is 3.34. The smallest absolute Gasteiger partial charge is 0.323 e. The summed E-state index contributed by atoms with van der Waals surface area (Å²) in [6, 6.07) is 2.35. The molecule has 0 aromatic carbocycles. The molecule has 0 fully saturated rings. The number of amides is 1. The first-order chi connectivity index (χ1) is 8.31. The highest BCUT2D eigenvalue weighted by Crippen LogP contribution is 2.07. The molecule has 0 unspecified atom stereocenters. The first-order valence-electron chi connectivity index (χ1n) is 5.17. The van der Waals surface area contributed by atoms with E-state index in [0.717, 1.165) is 11.0 Å². The van der Waals surface area contributed by atoms with Crippen LogP contribution in [-0.2, 0) is 16.1 Å². The van der Waals surface area contributed by atoms with Crippen LogP contribution >= 0.6 is 0 Å². The number of aromatic hydroxyl groups is 1. The maximum Gasteiger partial charge on any atom is 0.323 e.